The minimum atomic E-state index is -0.528. The number of carbonyl (C=O) groups excluding carboxylic acids is 1. The Kier molecular flexibility index (Phi) is 5.48. The molecule has 0 heterocycles. The zero-order valence-corrected chi connectivity index (χ0v) is 12.1. The lowest BCUT2D eigenvalue weighted by Gasteiger charge is -2.28. The molecule has 0 saturated heterocycles. The van der Waals surface area contributed by atoms with E-state index in [4.69, 9.17) is 5.73 Å². The minimum Gasteiger partial charge on any atom is -0.338 e. The van der Waals surface area contributed by atoms with Crippen LogP contribution in [0.25, 0.3) is 0 Å². The Bertz CT molecular complexity index is 434. The van der Waals surface area contributed by atoms with Crippen LogP contribution in [0.1, 0.15) is 38.8 Å². The number of halogens is 1. The summed E-state index contributed by atoms with van der Waals surface area (Å²) in [5.74, 6) is -0.0901. The summed E-state index contributed by atoms with van der Waals surface area (Å²) in [7, 11) is 1.67. The molecule has 1 aromatic rings. The van der Waals surface area contributed by atoms with Gasteiger partial charge in [-0.1, -0.05) is 32.0 Å². The molecule has 0 radical (unpaired) electrons. The predicted octanol–water partition coefficient (Wildman–Crippen LogP) is 2.72. The molecule has 1 aromatic carbocycles. The summed E-state index contributed by atoms with van der Waals surface area (Å²) in [4.78, 5) is 13.7. The number of carbonyl (C=O) groups is 1. The van der Waals surface area contributed by atoms with Crippen LogP contribution in [0.5, 0.6) is 0 Å². The summed E-state index contributed by atoms with van der Waals surface area (Å²) in [5, 5.41) is 0. The molecule has 19 heavy (non-hydrogen) atoms. The van der Waals surface area contributed by atoms with E-state index in [2.05, 4.69) is 0 Å². The molecule has 0 saturated carbocycles. The molecule has 0 bridgehead atoms. The van der Waals surface area contributed by atoms with Crippen LogP contribution < -0.4 is 5.73 Å². The molecule has 0 aliphatic carbocycles. The predicted molar refractivity (Wildman–Crippen MR) is 75.0 cm³/mol. The van der Waals surface area contributed by atoms with Crippen molar-refractivity contribution in [1.82, 2.24) is 4.90 Å². The fourth-order valence-corrected chi connectivity index (χ4v) is 2.08. The largest absolute Gasteiger partial charge is 0.338 e. The van der Waals surface area contributed by atoms with E-state index in [0.29, 0.717) is 17.9 Å². The van der Waals surface area contributed by atoms with Crippen LogP contribution >= 0.6 is 0 Å². The molecular formula is C15H23FN2O. The summed E-state index contributed by atoms with van der Waals surface area (Å²) >= 11 is 0. The maximum absolute atomic E-state index is 13.7. The van der Waals surface area contributed by atoms with Gasteiger partial charge in [-0.25, -0.2) is 4.39 Å². The molecule has 1 unspecified atom stereocenters. The molecule has 2 N–H and O–H groups in total. The van der Waals surface area contributed by atoms with E-state index in [0.717, 1.165) is 0 Å². The second kappa shape index (κ2) is 6.66. The Morgan fingerprint density at radius 3 is 2.42 bits per heavy atom. The third-order valence-electron chi connectivity index (χ3n) is 3.33. The Morgan fingerprint density at radius 1 is 1.32 bits per heavy atom. The van der Waals surface area contributed by atoms with E-state index in [1.165, 1.54) is 11.0 Å². The van der Waals surface area contributed by atoms with E-state index in [-0.39, 0.29) is 17.8 Å². The third-order valence-corrected chi connectivity index (χ3v) is 3.33. The van der Waals surface area contributed by atoms with Gasteiger partial charge in [0.1, 0.15) is 5.82 Å². The average molecular weight is 266 g/mol. The Morgan fingerprint density at radius 2 is 1.89 bits per heavy atom. The van der Waals surface area contributed by atoms with Gasteiger partial charge in [0.2, 0.25) is 5.91 Å². The smallest absolute Gasteiger partial charge is 0.239 e. The monoisotopic (exact) mass is 266 g/mol. The maximum Gasteiger partial charge on any atom is 0.239 e. The number of benzene rings is 1. The molecule has 106 valence electrons. The van der Waals surface area contributed by atoms with E-state index in [1.807, 2.05) is 13.8 Å². The van der Waals surface area contributed by atoms with Crippen molar-refractivity contribution in [2.24, 2.45) is 11.7 Å². The SMILES string of the molecule is CC(C)C[C@H](N)C(=O)N(C)C(C)c1ccccc1F. The Hall–Kier alpha value is -1.42. The highest BCUT2D eigenvalue weighted by molar-refractivity contribution is 5.81. The van der Waals surface area contributed by atoms with Crippen molar-refractivity contribution in [2.75, 3.05) is 7.05 Å². The zero-order valence-electron chi connectivity index (χ0n) is 12.1. The molecule has 0 aliphatic heterocycles. The quantitative estimate of drug-likeness (QED) is 0.890. The van der Waals surface area contributed by atoms with Gasteiger partial charge in [0.15, 0.2) is 0 Å². The third kappa shape index (κ3) is 4.03. The second-order valence-electron chi connectivity index (χ2n) is 5.38. The van der Waals surface area contributed by atoms with Crippen LogP contribution in [0, 0.1) is 11.7 Å². The van der Waals surface area contributed by atoms with Gasteiger partial charge >= 0.3 is 0 Å². The number of likely N-dealkylation sites (N-methyl/N-ethyl adjacent to an activating group) is 1. The molecular weight excluding hydrogens is 243 g/mol. The molecule has 0 fully saturated rings. The summed E-state index contributed by atoms with van der Waals surface area (Å²) in [6.45, 7) is 5.85. The van der Waals surface area contributed by atoms with Gasteiger partial charge in [-0.2, -0.15) is 0 Å². The van der Waals surface area contributed by atoms with Gasteiger partial charge in [0.05, 0.1) is 12.1 Å². The number of amides is 1. The fourth-order valence-electron chi connectivity index (χ4n) is 2.08. The van der Waals surface area contributed by atoms with E-state index in [9.17, 15) is 9.18 Å². The first kappa shape index (κ1) is 15.6. The average Bonchev–Trinajstić information content (AvgIpc) is 2.36. The number of rotatable bonds is 5. The van der Waals surface area contributed by atoms with Crippen LogP contribution in [0.4, 0.5) is 4.39 Å². The molecule has 0 aliphatic rings. The number of hydrogen-bond donors (Lipinski definition) is 1. The van der Waals surface area contributed by atoms with Crippen LogP contribution in [-0.2, 0) is 4.79 Å². The van der Waals surface area contributed by atoms with E-state index < -0.39 is 6.04 Å². The Labute approximate surface area is 114 Å². The highest BCUT2D eigenvalue weighted by Gasteiger charge is 2.24. The summed E-state index contributed by atoms with van der Waals surface area (Å²) in [6.07, 6.45) is 0.632. The molecule has 0 aromatic heterocycles. The van der Waals surface area contributed by atoms with Crippen molar-refractivity contribution in [2.45, 2.75) is 39.3 Å². The van der Waals surface area contributed by atoms with Crippen LogP contribution in [0.2, 0.25) is 0 Å². The molecule has 3 nitrogen and oxygen atoms in total. The van der Waals surface area contributed by atoms with Crippen molar-refractivity contribution in [3.63, 3.8) is 0 Å². The lowest BCUT2D eigenvalue weighted by Crippen LogP contribution is -2.43. The van der Waals surface area contributed by atoms with E-state index in [1.54, 1.807) is 32.2 Å². The highest BCUT2D eigenvalue weighted by Crippen LogP contribution is 2.22. The van der Waals surface area contributed by atoms with Crippen LogP contribution in [0.3, 0.4) is 0 Å². The van der Waals surface area contributed by atoms with Gasteiger partial charge in [0, 0.05) is 12.6 Å². The lowest BCUT2D eigenvalue weighted by molar-refractivity contribution is -0.133. The van der Waals surface area contributed by atoms with Crippen molar-refractivity contribution >= 4 is 5.91 Å². The topological polar surface area (TPSA) is 46.3 Å². The molecule has 2 atom stereocenters. The van der Waals surface area contributed by atoms with E-state index >= 15 is 0 Å². The molecule has 0 spiro atoms. The first-order valence-corrected chi connectivity index (χ1v) is 6.61. The zero-order chi connectivity index (χ0) is 14.6. The van der Waals surface area contributed by atoms with Crippen molar-refractivity contribution in [3.05, 3.63) is 35.6 Å². The van der Waals surface area contributed by atoms with Crippen molar-refractivity contribution < 1.29 is 9.18 Å². The second-order valence-corrected chi connectivity index (χ2v) is 5.38. The summed E-state index contributed by atoms with van der Waals surface area (Å²) in [6, 6.07) is 5.64. The van der Waals surface area contributed by atoms with Gasteiger partial charge < -0.3 is 10.6 Å². The van der Waals surface area contributed by atoms with Crippen LogP contribution in [-0.4, -0.2) is 23.9 Å². The first-order valence-electron chi connectivity index (χ1n) is 6.61. The molecule has 1 rings (SSSR count). The summed E-state index contributed by atoms with van der Waals surface area (Å²) < 4.78 is 13.7. The summed E-state index contributed by atoms with van der Waals surface area (Å²) in [5.41, 5.74) is 6.40. The number of nitrogens with zero attached hydrogens (tertiary/aromatic N) is 1. The number of hydrogen-bond acceptors (Lipinski definition) is 2. The normalized spacial score (nSPS) is 14.3. The standard InChI is InChI=1S/C15H23FN2O/c1-10(2)9-14(17)15(19)18(4)11(3)12-7-5-6-8-13(12)16/h5-8,10-11,14H,9,17H2,1-4H3/t11?,14-/m0/s1. The van der Waals surface area contributed by atoms with Crippen LogP contribution in [0.15, 0.2) is 24.3 Å². The molecule has 1 amide bonds. The van der Waals surface area contributed by atoms with Crippen molar-refractivity contribution in [3.8, 4) is 0 Å². The van der Waals surface area contributed by atoms with Gasteiger partial charge in [-0.05, 0) is 25.3 Å². The number of nitrogens with two attached hydrogens (primary N) is 1. The van der Waals surface area contributed by atoms with Gasteiger partial charge in [-0.3, -0.25) is 4.79 Å². The lowest BCUT2D eigenvalue weighted by atomic mass is 10.0. The Balaban J connectivity index is 2.80. The maximum atomic E-state index is 13.7. The van der Waals surface area contributed by atoms with Gasteiger partial charge in [0.25, 0.3) is 0 Å². The highest BCUT2D eigenvalue weighted by atomic mass is 19.1. The minimum absolute atomic E-state index is 0.149. The van der Waals surface area contributed by atoms with Gasteiger partial charge in [-0.15, -0.1) is 0 Å². The fraction of sp³-hybridized carbons (Fsp3) is 0.533. The first-order chi connectivity index (χ1) is 8.84. The van der Waals surface area contributed by atoms with Crippen molar-refractivity contribution in [1.29, 1.82) is 0 Å². The molecule has 4 heteroatoms.